The topological polar surface area (TPSA) is 57.8 Å². The molecule has 0 spiro atoms. The molecular formula is C19H24N6. The van der Waals surface area contributed by atoms with E-state index in [1.54, 1.807) is 0 Å². The monoisotopic (exact) mass is 336 g/mol. The van der Waals surface area contributed by atoms with Crippen molar-refractivity contribution in [2.75, 3.05) is 20.6 Å². The van der Waals surface area contributed by atoms with Crippen molar-refractivity contribution < 1.29 is 0 Å². The van der Waals surface area contributed by atoms with Crippen LogP contribution in [0.15, 0.2) is 59.7 Å². The molecule has 0 bridgehead atoms. The number of hydrogen-bond acceptors (Lipinski definition) is 3. The third kappa shape index (κ3) is 4.56. The van der Waals surface area contributed by atoms with Crippen LogP contribution in [0.3, 0.4) is 0 Å². The summed E-state index contributed by atoms with van der Waals surface area (Å²) in [5, 5.41) is 11.9. The molecule has 0 amide bonds. The van der Waals surface area contributed by atoms with E-state index in [0.29, 0.717) is 6.54 Å². The minimum Gasteiger partial charge on any atom is -0.356 e. The Morgan fingerprint density at radius 1 is 1.08 bits per heavy atom. The molecule has 1 N–H and O–H groups in total. The molecular weight excluding hydrogens is 312 g/mol. The molecule has 0 radical (unpaired) electrons. The van der Waals surface area contributed by atoms with Crippen molar-refractivity contribution in [2.24, 2.45) is 4.99 Å². The fourth-order valence-corrected chi connectivity index (χ4v) is 2.61. The normalized spacial score (nSPS) is 11.7. The van der Waals surface area contributed by atoms with E-state index in [0.717, 1.165) is 36.8 Å². The van der Waals surface area contributed by atoms with Crippen molar-refractivity contribution in [3.05, 3.63) is 66.1 Å². The number of aliphatic imine (C=N–C) groups is 1. The van der Waals surface area contributed by atoms with Gasteiger partial charge in [-0.15, -0.1) is 10.2 Å². The van der Waals surface area contributed by atoms with E-state index in [1.165, 1.54) is 5.56 Å². The average molecular weight is 336 g/mol. The Labute approximate surface area is 148 Å². The minimum atomic E-state index is 0.677. The van der Waals surface area contributed by atoms with Crippen molar-refractivity contribution in [3.63, 3.8) is 0 Å². The number of pyridine rings is 1. The molecule has 0 fully saturated rings. The SMILES string of the molecule is CN(C)C(=NCc1ccccc1)NCCCc1nnc2ccccn12. The highest BCUT2D eigenvalue weighted by atomic mass is 15.3. The predicted octanol–water partition coefficient (Wildman–Crippen LogP) is 2.37. The van der Waals surface area contributed by atoms with E-state index < -0.39 is 0 Å². The van der Waals surface area contributed by atoms with Gasteiger partial charge >= 0.3 is 0 Å². The van der Waals surface area contributed by atoms with Gasteiger partial charge in [-0.3, -0.25) is 4.40 Å². The quantitative estimate of drug-likeness (QED) is 0.426. The van der Waals surface area contributed by atoms with Crippen LogP contribution in [0.5, 0.6) is 0 Å². The number of aryl methyl sites for hydroxylation is 1. The largest absolute Gasteiger partial charge is 0.356 e. The van der Waals surface area contributed by atoms with Crippen LogP contribution in [0.4, 0.5) is 0 Å². The first-order valence-electron chi connectivity index (χ1n) is 8.52. The summed E-state index contributed by atoms with van der Waals surface area (Å²) in [5.41, 5.74) is 2.10. The third-order valence-corrected chi connectivity index (χ3v) is 3.92. The first-order chi connectivity index (χ1) is 12.2. The van der Waals surface area contributed by atoms with Crippen LogP contribution >= 0.6 is 0 Å². The Bertz CT molecular complexity index is 822. The number of fused-ring (bicyclic) bond motifs is 1. The number of nitrogens with zero attached hydrogens (tertiary/aromatic N) is 5. The van der Waals surface area contributed by atoms with Gasteiger partial charge in [0.1, 0.15) is 5.82 Å². The lowest BCUT2D eigenvalue weighted by Gasteiger charge is -2.17. The lowest BCUT2D eigenvalue weighted by atomic mass is 10.2. The summed E-state index contributed by atoms with van der Waals surface area (Å²) in [7, 11) is 4.01. The van der Waals surface area contributed by atoms with Gasteiger partial charge in [0.25, 0.3) is 0 Å². The van der Waals surface area contributed by atoms with Crippen LogP contribution in [0, 0.1) is 0 Å². The maximum atomic E-state index is 4.68. The van der Waals surface area contributed by atoms with E-state index in [1.807, 2.05) is 66.0 Å². The van der Waals surface area contributed by atoms with Crippen LogP contribution in [-0.2, 0) is 13.0 Å². The molecule has 0 aliphatic heterocycles. The second kappa shape index (κ2) is 8.28. The zero-order chi connectivity index (χ0) is 17.5. The van der Waals surface area contributed by atoms with Crippen LogP contribution in [-0.4, -0.2) is 46.1 Å². The number of rotatable bonds is 6. The van der Waals surface area contributed by atoms with Gasteiger partial charge in [0.15, 0.2) is 11.6 Å². The summed E-state index contributed by atoms with van der Waals surface area (Å²) in [6, 6.07) is 16.2. The van der Waals surface area contributed by atoms with Crippen LogP contribution in [0.25, 0.3) is 5.65 Å². The van der Waals surface area contributed by atoms with E-state index in [9.17, 15) is 0 Å². The summed E-state index contributed by atoms with van der Waals surface area (Å²) in [6.45, 7) is 1.52. The second-order valence-electron chi connectivity index (χ2n) is 6.10. The number of benzene rings is 1. The molecule has 3 aromatic rings. The van der Waals surface area contributed by atoms with Crippen LogP contribution in [0.2, 0.25) is 0 Å². The second-order valence-corrected chi connectivity index (χ2v) is 6.10. The van der Waals surface area contributed by atoms with Gasteiger partial charge in [0.2, 0.25) is 0 Å². The smallest absolute Gasteiger partial charge is 0.193 e. The van der Waals surface area contributed by atoms with Gasteiger partial charge in [0.05, 0.1) is 6.54 Å². The molecule has 2 aromatic heterocycles. The molecule has 0 saturated carbocycles. The number of guanidine groups is 1. The van der Waals surface area contributed by atoms with Crippen LogP contribution in [0.1, 0.15) is 17.8 Å². The Balaban J connectivity index is 1.52. The Kier molecular flexibility index (Phi) is 5.61. The fourth-order valence-electron chi connectivity index (χ4n) is 2.61. The maximum Gasteiger partial charge on any atom is 0.193 e. The van der Waals surface area contributed by atoms with E-state index in [4.69, 9.17) is 0 Å². The standard InChI is InChI=1S/C19H24N6/c1-24(2)19(21-15-16-9-4-3-5-10-16)20-13-8-12-18-23-22-17-11-6-7-14-25(17)18/h3-7,9-11,14H,8,12-13,15H2,1-2H3,(H,20,21). The minimum absolute atomic E-state index is 0.677. The average Bonchev–Trinajstić information content (AvgIpc) is 3.05. The molecule has 130 valence electrons. The van der Waals surface area contributed by atoms with E-state index in [2.05, 4.69) is 32.6 Å². The molecule has 0 aliphatic rings. The van der Waals surface area contributed by atoms with Crippen molar-refractivity contribution in [1.82, 2.24) is 24.8 Å². The highest BCUT2D eigenvalue weighted by Crippen LogP contribution is 2.05. The van der Waals surface area contributed by atoms with Crippen molar-refractivity contribution in [1.29, 1.82) is 0 Å². The third-order valence-electron chi connectivity index (χ3n) is 3.92. The summed E-state index contributed by atoms with van der Waals surface area (Å²) >= 11 is 0. The first-order valence-corrected chi connectivity index (χ1v) is 8.52. The zero-order valence-corrected chi connectivity index (χ0v) is 14.8. The molecule has 6 nitrogen and oxygen atoms in total. The Morgan fingerprint density at radius 3 is 2.68 bits per heavy atom. The van der Waals surface area contributed by atoms with Gasteiger partial charge in [-0.2, -0.15) is 0 Å². The molecule has 25 heavy (non-hydrogen) atoms. The fraction of sp³-hybridized carbons (Fsp3) is 0.316. The van der Waals surface area contributed by atoms with Gasteiger partial charge in [-0.05, 0) is 24.1 Å². The van der Waals surface area contributed by atoms with Crippen molar-refractivity contribution in [3.8, 4) is 0 Å². The molecule has 0 aliphatic carbocycles. The van der Waals surface area contributed by atoms with Gasteiger partial charge in [-0.1, -0.05) is 36.4 Å². The van der Waals surface area contributed by atoms with Gasteiger partial charge < -0.3 is 10.2 Å². The predicted molar refractivity (Wildman–Crippen MR) is 101 cm³/mol. The van der Waals surface area contributed by atoms with Crippen molar-refractivity contribution >= 4 is 11.6 Å². The Hall–Kier alpha value is -2.89. The summed E-state index contributed by atoms with van der Waals surface area (Å²) < 4.78 is 2.04. The van der Waals surface area contributed by atoms with E-state index >= 15 is 0 Å². The van der Waals surface area contributed by atoms with Crippen molar-refractivity contribution in [2.45, 2.75) is 19.4 Å². The molecule has 2 heterocycles. The molecule has 0 unspecified atom stereocenters. The summed E-state index contributed by atoms with van der Waals surface area (Å²) in [5.74, 6) is 1.89. The molecule has 0 atom stereocenters. The molecule has 0 saturated heterocycles. The van der Waals surface area contributed by atoms with Crippen LogP contribution < -0.4 is 5.32 Å². The lowest BCUT2D eigenvalue weighted by molar-refractivity contribution is 0.573. The summed E-state index contributed by atoms with van der Waals surface area (Å²) in [6.07, 6.45) is 3.84. The van der Waals surface area contributed by atoms with E-state index in [-0.39, 0.29) is 0 Å². The number of nitrogens with one attached hydrogen (secondary N) is 1. The first kappa shape index (κ1) is 17.0. The number of aromatic nitrogens is 3. The molecule has 3 rings (SSSR count). The van der Waals surface area contributed by atoms with Gasteiger partial charge in [-0.25, -0.2) is 4.99 Å². The number of hydrogen-bond donors (Lipinski definition) is 1. The molecule has 1 aromatic carbocycles. The highest BCUT2D eigenvalue weighted by molar-refractivity contribution is 5.79. The highest BCUT2D eigenvalue weighted by Gasteiger charge is 2.05. The molecule has 6 heteroatoms. The zero-order valence-electron chi connectivity index (χ0n) is 14.8. The lowest BCUT2D eigenvalue weighted by Crippen LogP contribution is -2.37. The Morgan fingerprint density at radius 2 is 1.88 bits per heavy atom. The van der Waals surface area contributed by atoms with Gasteiger partial charge in [0, 0.05) is 33.3 Å². The summed E-state index contributed by atoms with van der Waals surface area (Å²) in [4.78, 5) is 6.69. The maximum absolute atomic E-state index is 4.68.